The molecule has 0 amide bonds. The van der Waals surface area contributed by atoms with Gasteiger partial charge in [0.25, 0.3) is 0 Å². The van der Waals surface area contributed by atoms with E-state index in [2.05, 4.69) is 27.6 Å². The second kappa shape index (κ2) is 5.49. The molecular formula is C11H6ClIN2O3. The summed E-state index contributed by atoms with van der Waals surface area (Å²) in [6.45, 7) is 0. The Morgan fingerprint density at radius 2 is 1.89 bits per heavy atom. The summed E-state index contributed by atoms with van der Waals surface area (Å²) in [6, 6.07) is 9.67. The zero-order valence-electron chi connectivity index (χ0n) is 8.84. The lowest BCUT2D eigenvalue weighted by atomic mass is 10.3. The second-order valence-corrected chi connectivity index (χ2v) is 4.90. The molecule has 0 atom stereocenters. The fraction of sp³-hybridized carbons (Fsp3) is 0. The summed E-state index contributed by atoms with van der Waals surface area (Å²) < 4.78 is 6.40. The number of aromatic nitrogens is 1. The minimum absolute atomic E-state index is 0.117. The van der Waals surface area contributed by atoms with E-state index in [1.807, 2.05) is 12.1 Å². The molecule has 1 aromatic heterocycles. The predicted octanol–water partition coefficient (Wildman–Crippen LogP) is 4.04. The number of nitrogens with zero attached hydrogens (tertiary/aromatic N) is 2. The van der Waals surface area contributed by atoms with E-state index in [9.17, 15) is 10.1 Å². The van der Waals surface area contributed by atoms with Gasteiger partial charge in [-0.3, -0.25) is 10.1 Å². The third kappa shape index (κ3) is 3.08. The lowest BCUT2D eigenvalue weighted by Gasteiger charge is -2.05. The van der Waals surface area contributed by atoms with Crippen molar-refractivity contribution < 1.29 is 9.66 Å². The maximum atomic E-state index is 10.8. The summed E-state index contributed by atoms with van der Waals surface area (Å²) in [6.07, 6.45) is 0. The largest absolute Gasteiger partial charge is 0.434 e. The van der Waals surface area contributed by atoms with Crippen molar-refractivity contribution in [3.8, 4) is 11.6 Å². The predicted molar refractivity (Wildman–Crippen MR) is 75.1 cm³/mol. The fourth-order valence-electron chi connectivity index (χ4n) is 1.24. The Bertz CT molecular complexity index is 589. The van der Waals surface area contributed by atoms with E-state index in [-0.39, 0.29) is 16.7 Å². The molecule has 1 heterocycles. The van der Waals surface area contributed by atoms with Crippen LogP contribution < -0.4 is 4.74 Å². The van der Waals surface area contributed by atoms with Crippen molar-refractivity contribution in [3.05, 3.63) is 55.2 Å². The molecule has 0 spiro atoms. The molecule has 0 N–H and O–H groups in total. The van der Waals surface area contributed by atoms with Crippen LogP contribution in [0.4, 0.5) is 5.69 Å². The average molecular weight is 377 g/mol. The van der Waals surface area contributed by atoms with Crippen molar-refractivity contribution >= 4 is 39.9 Å². The van der Waals surface area contributed by atoms with E-state index in [0.717, 1.165) is 3.57 Å². The van der Waals surface area contributed by atoms with Crippen molar-refractivity contribution in [2.24, 2.45) is 0 Å². The van der Waals surface area contributed by atoms with E-state index in [1.54, 1.807) is 12.1 Å². The van der Waals surface area contributed by atoms with Gasteiger partial charge in [-0.05, 0) is 52.9 Å². The lowest BCUT2D eigenvalue weighted by Crippen LogP contribution is -1.96. The Kier molecular flexibility index (Phi) is 3.97. The van der Waals surface area contributed by atoms with E-state index >= 15 is 0 Å². The number of hydrogen-bond donors (Lipinski definition) is 0. The molecule has 18 heavy (non-hydrogen) atoms. The zero-order valence-corrected chi connectivity index (χ0v) is 11.8. The molecule has 0 radical (unpaired) electrons. The SMILES string of the molecule is O=[N+]([O-])c1ccc(Cl)nc1Oc1ccc(I)cc1. The molecule has 0 saturated heterocycles. The summed E-state index contributed by atoms with van der Waals surface area (Å²) in [5.41, 5.74) is -0.224. The molecule has 0 aliphatic carbocycles. The quantitative estimate of drug-likeness (QED) is 0.351. The average Bonchev–Trinajstić information content (AvgIpc) is 2.32. The molecule has 0 aliphatic heterocycles. The minimum atomic E-state index is -0.564. The summed E-state index contributed by atoms with van der Waals surface area (Å²) in [5.74, 6) is 0.349. The van der Waals surface area contributed by atoms with Gasteiger partial charge in [-0.2, -0.15) is 4.98 Å². The maximum absolute atomic E-state index is 10.8. The first-order valence-electron chi connectivity index (χ1n) is 4.80. The molecule has 7 heteroatoms. The Balaban J connectivity index is 2.35. The van der Waals surface area contributed by atoms with Gasteiger partial charge in [0.1, 0.15) is 10.9 Å². The van der Waals surface area contributed by atoms with Crippen LogP contribution in [0.1, 0.15) is 0 Å². The summed E-state index contributed by atoms with van der Waals surface area (Å²) >= 11 is 7.85. The molecule has 92 valence electrons. The van der Waals surface area contributed by atoms with E-state index in [4.69, 9.17) is 16.3 Å². The van der Waals surface area contributed by atoms with Gasteiger partial charge < -0.3 is 4.74 Å². The van der Waals surface area contributed by atoms with Crippen LogP contribution in [0.15, 0.2) is 36.4 Å². The van der Waals surface area contributed by atoms with Gasteiger partial charge in [0.05, 0.1) is 4.92 Å². The standard InChI is InChI=1S/C11H6ClIN2O3/c12-10-6-5-9(15(16)17)11(14-10)18-8-3-1-7(13)2-4-8/h1-6H. The molecule has 2 rings (SSSR count). The van der Waals surface area contributed by atoms with Gasteiger partial charge >= 0.3 is 11.6 Å². The number of hydrogen-bond acceptors (Lipinski definition) is 4. The lowest BCUT2D eigenvalue weighted by molar-refractivity contribution is -0.386. The first-order valence-corrected chi connectivity index (χ1v) is 6.26. The smallest absolute Gasteiger partial charge is 0.331 e. The van der Waals surface area contributed by atoms with Crippen LogP contribution in [0.5, 0.6) is 11.6 Å². The molecule has 0 unspecified atom stereocenters. The summed E-state index contributed by atoms with van der Waals surface area (Å²) in [7, 11) is 0. The van der Waals surface area contributed by atoms with Crippen molar-refractivity contribution in [1.29, 1.82) is 0 Å². The highest BCUT2D eigenvalue weighted by Crippen LogP contribution is 2.30. The number of halogens is 2. The number of pyridine rings is 1. The first-order chi connectivity index (χ1) is 8.56. The number of rotatable bonds is 3. The highest BCUT2D eigenvalue weighted by atomic mass is 127. The second-order valence-electron chi connectivity index (χ2n) is 3.27. The Hall–Kier alpha value is -1.41. The third-order valence-corrected chi connectivity index (χ3v) is 2.96. The van der Waals surface area contributed by atoms with Crippen molar-refractivity contribution in [2.45, 2.75) is 0 Å². The Morgan fingerprint density at radius 1 is 1.22 bits per heavy atom. The zero-order chi connectivity index (χ0) is 13.1. The maximum Gasteiger partial charge on any atom is 0.331 e. The van der Waals surface area contributed by atoms with Crippen LogP contribution in [-0.4, -0.2) is 9.91 Å². The molecular weight excluding hydrogens is 370 g/mol. The monoisotopic (exact) mass is 376 g/mol. The van der Waals surface area contributed by atoms with Crippen LogP contribution in [0.3, 0.4) is 0 Å². The number of benzene rings is 1. The number of ether oxygens (including phenoxy) is 1. The van der Waals surface area contributed by atoms with E-state index < -0.39 is 4.92 Å². The topological polar surface area (TPSA) is 65.3 Å². The molecule has 0 bridgehead atoms. The van der Waals surface area contributed by atoms with Gasteiger partial charge in [0.15, 0.2) is 0 Å². The fourth-order valence-corrected chi connectivity index (χ4v) is 1.74. The molecule has 0 fully saturated rings. The van der Waals surface area contributed by atoms with Crippen molar-refractivity contribution in [3.63, 3.8) is 0 Å². The molecule has 5 nitrogen and oxygen atoms in total. The highest BCUT2D eigenvalue weighted by molar-refractivity contribution is 14.1. The van der Waals surface area contributed by atoms with E-state index in [0.29, 0.717) is 5.75 Å². The third-order valence-electron chi connectivity index (χ3n) is 2.03. The highest BCUT2D eigenvalue weighted by Gasteiger charge is 2.17. The van der Waals surface area contributed by atoms with Gasteiger partial charge in [-0.15, -0.1) is 0 Å². The first kappa shape index (κ1) is 13.0. The van der Waals surface area contributed by atoms with Gasteiger partial charge in [0, 0.05) is 9.64 Å². The number of nitro groups is 1. The molecule has 1 aromatic carbocycles. The van der Waals surface area contributed by atoms with Crippen LogP contribution in [0, 0.1) is 13.7 Å². The van der Waals surface area contributed by atoms with Crippen molar-refractivity contribution in [2.75, 3.05) is 0 Å². The van der Waals surface area contributed by atoms with Crippen LogP contribution in [-0.2, 0) is 0 Å². The van der Waals surface area contributed by atoms with E-state index in [1.165, 1.54) is 12.1 Å². The van der Waals surface area contributed by atoms with Crippen LogP contribution in [0.2, 0.25) is 5.15 Å². The van der Waals surface area contributed by atoms with Gasteiger partial charge in [-0.1, -0.05) is 11.6 Å². The van der Waals surface area contributed by atoms with Gasteiger partial charge in [0.2, 0.25) is 0 Å². The summed E-state index contributed by atoms with van der Waals surface area (Å²) in [4.78, 5) is 14.1. The van der Waals surface area contributed by atoms with Crippen molar-refractivity contribution in [1.82, 2.24) is 4.98 Å². The molecule has 0 saturated carbocycles. The molecule has 0 aliphatic rings. The molecule has 2 aromatic rings. The van der Waals surface area contributed by atoms with Crippen LogP contribution in [0.25, 0.3) is 0 Å². The normalized spacial score (nSPS) is 10.1. The van der Waals surface area contributed by atoms with Crippen LogP contribution >= 0.6 is 34.2 Å². The Morgan fingerprint density at radius 3 is 2.50 bits per heavy atom. The minimum Gasteiger partial charge on any atom is -0.434 e. The van der Waals surface area contributed by atoms with Gasteiger partial charge in [-0.25, -0.2) is 0 Å². The Labute approximate surface area is 121 Å². The summed E-state index contributed by atoms with van der Waals surface area (Å²) in [5, 5.41) is 11.0.